The van der Waals surface area contributed by atoms with E-state index in [-0.39, 0.29) is 12.3 Å². The summed E-state index contributed by atoms with van der Waals surface area (Å²) in [6.07, 6.45) is 2.11. The molecule has 112 valence electrons. The number of carbonyl (C=O) groups excluding carboxylic acids is 1. The highest BCUT2D eigenvalue weighted by molar-refractivity contribution is 8.26. The molecule has 0 bridgehead atoms. The number of nitrogens with zero attached hydrogens (tertiary/aromatic N) is 2. The number of amides is 1. The van der Waals surface area contributed by atoms with Crippen molar-refractivity contribution in [3.63, 3.8) is 0 Å². The molecule has 0 spiro atoms. The van der Waals surface area contributed by atoms with Crippen LogP contribution in [-0.2, 0) is 9.59 Å². The fourth-order valence-corrected chi connectivity index (χ4v) is 3.20. The van der Waals surface area contributed by atoms with Crippen molar-refractivity contribution in [1.82, 2.24) is 10.1 Å². The maximum absolute atomic E-state index is 12.3. The fraction of sp³-hybridized carbons (Fsp3) is 0.385. The van der Waals surface area contributed by atoms with E-state index in [1.54, 1.807) is 19.9 Å². The average Bonchev–Trinajstić information content (AvgIpc) is 2.86. The number of carbonyl (C=O) groups is 2. The van der Waals surface area contributed by atoms with Crippen LogP contribution in [0.5, 0.6) is 0 Å². The molecule has 0 radical (unpaired) electrons. The van der Waals surface area contributed by atoms with Crippen LogP contribution in [0.25, 0.3) is 6.08 Å². The molecule has 1 N–H and O–H groups in total. The first-order valence-electron chi connectivity index (χ1n) is 6.30. The zero-order valence-electron chi connectivity index (χ0n) is 11.6. The van der Waals surface area contributed by atoms with E-state index >= 15 is 0 Å². The Morgan fingerprint density at radius 1 is 1.52 bits per heavy atom. The highest BCUT2D eigenvalue weighted by atomic mass is 32.2. The first-order chi connectivity index (χ1) is 9.90. The molecule has 1 aliphatic rings. The van der Waals surface area contributed by atoms with Crippen molar-refractivity contribution in [2.75, 3.05) is 6.54 Å². The van der Waals surface area contributed by atoms with Gasteiger partial charge in [0.15, 0.2) is 0 Å². The highest BCUT2D eigenvalue weighted by Gasteiger charge is 2.32. The lowest BCUT2D eigenvalue weighted by atomic mass is 10.2. The van der Waals surface area contributed by atoms with Gasteiger partial charge in [-0.15, -0.1) is 0 Å². The molecule has 0 unspecified atom stereocenters. The molecule has 21 heavy (non-hydrogen) atoms. The van der Waals surface area contributed by atoms with Gasteiger partial charge in [0.2, 0.25) is 0 Å². The number of thiocarbonyl (C=S) groups is 1. The van der Waals surface area contributed by atoms with Crippen LogP contribution in [0.4, 0.5) is 0 Å². The monoisotopic (exact) mass is 326 g/mol. The molecule has 6 nitrogen and oxygen atoms in total. The van der Waals surface area contributed by atoms with E-state index in [0.29, 0.717) is 33.6 Å². The first kappa shape index (κ1) is 15.7. The Balaban J connectivity index is 2.12. The van der Waals surface area contributed by atoms with E-state index in [9.17, 15) is 9.59 Å². The van der Waals surface area contributed by atoms with Crippen LogP contribution >= 0.6 is 24.0 Å². The summed E-state index contributed by atoms with van der Waals surface area (Å²) in [6, 6.07) is 0. The Labute approximate surface area is 131 Å². The summed E-state index contributed by atoms with van der Waals surface area (Å²) in [5.41, 5.74) is 1.49. The number of carboxylic acid groups (broad SMARTS) is 1. The predicted molar refractivity (Wildman–Crippen MR) is 82.7 cm³/mol. The minimum absolute atomic E-state index is 0.0139. The summed E-state index contributed by atoms with van der Waals surface area (Å²) in [7, 11) is 0. The molecule has 0 atom stereocenters. The number of hydrogen-bond donors (Lipinski definition) is 1. The van der Waals surface area contributed by atoms with Crippen LogP contribution in [0.1, 0.15) is 29.9 Å². The number of rotatable bonds is 5. The summed E-state index contributed by atoms with van der Waals surface area (Å²) >= 11 is 6.38. The molecular formula is C13H14N2O4S2. The van der Waals surface area contributed by atoms with Gasteiger partial charge in [0.25, 0.3) is 5.91 Å². The fourth-order valence-electron chi connectivity index (χ4n) is 1.91. The topological polar surface area (TPSA) is 83.6 Å². The molecule has 1 aliphatic heterocycles. The summed E-state index contributed by atoms with van der Waals surface area (Å²) in [5, 5.41) is 12.5. The molecule has 8 heteroatoms. The molecule has 2 rings (SSSR count). The number of aromatic nitrogens is 1. The molecule has 0 aromatic carbocycles. The molecule has 1 amide bonds. The number of aryl methyl sites for hydroxylation is 2. The number of thioether (sulfide) groups is 1. The van der Waals surface area contributed by atoms with Crippen molar-refractivity contribution in [2.24, 2.45) is 0 Å². The quantitative estimate of drug-likeness (QED) is 0.657. The summed E-state index contributed by atoms with van der Waals surface area (Å²) in [5.74, 6) is -0.439. The van der Waals surface area contributed by atoms with Crippen molar-refractivity contribution in [2.45, 2.75) is 26.7 Å². The van der Waals surface area contributed by atoms with E-state index in [1.165, 1.54) is 16.7 Å². The van der Waals surface area contributed by atoms with Gasteiger partial charge in [-0.25, -0.2) is 0 Å². The van der Waals surface area contributed by atoms with Gasteiger partial charge in [-0.1, -0.05) is 29.1 Å². The van der Waals surface area contributed by atoms with Crippen molar-refractivity contribution in [3.05, 3.63) is 21.9 Å². The Kier molecular flexibility index (Phi) is 4.79. The van der Waals surface area contributed by atoms with Crippen molar-refractivity contribution in [1.29, 1.82) is 0 Å². The van der Waals surface area contributed by atoms with Crippen LogP contribution in [0.3, 0.4) is 0 Å². The second-order valence-corrected chi connectivity index (χ2v) is 6.24. The molecule has 2 heterocycles. The number of hydrogen-bond acceptors (Lipinski definition) is 6. The standard InChI is InChI=1S/C13H14N2O4S2/c1-7-9(8(2)19-14-7)6-10-12(18)15(13(20)21-10)5-3-4-11(16)17/h6H,3-5H2,1-2H3,(H,16,17)/b10-6-. The minimum Gasteiger partial charge on any atom is -0.481 e. The molecule has 1 aromatic heterocycles. The zero-order chi connectivity index (χ0) is 15.6. The summed E-state index contributed by atoms with van der Waals surface area (Å²) in [4.78, 5) is 24.7. The maximum atomic E-state index is 12.3. The minimum atomic E-state index is -0.883. The van der Waals surface area contributed by atoms with Crippen LogP contribution < -0.4 is 0 Å². The third-order valence-corrected chi connectivity index (χ3v) is 4.39. The second kappa shape index (κ2) is 6.40. The first-order valence-corrected chi connectivity index (χ1v) is 7.52. The van der Waals surface area contributed by atoms with Crippen LogP contribution in [-0.4, -0.2) is 37.9 Å². The molecule has 0 aliphatic carbocycles. The van der Waals surface area contributed by atoms with E-state index in [0.717, 1.165) is 5.56 Å². The molecular weight excluding hydrogens is 312 g/mol. The second-order valence-electron chi connectivity index (χ2n) is 4.57. The lowest BCUT2D eigenvalue weighted by molar-refractivity contribution is -0.137. The van der Waals surface area contributed by atoms with Gasteiger partial charge in [0, 0.05) is 18.5 Å². The van der Waals surface area contributed by atoms with Crippen molar-refractivity contribution in [3.8, 4) is 0 Å². The van der Waals surface area contributed by atoms with E-state index in [2.05, 4.69) is 5.16 Å². The lowest BCUT2D eigenvalue weighted by Gasteiger charge is -2.13. The highest BCUT2D eigenvalue weighted by Crippen LogP contribution is 2.33. The van der Waals surface area contributed by atoms with Gasteiger partial charge in [0.05, 0.1) is 10.6 Å². The van der Waals surface area contributed by atoms with E-state index in [4.69, 9.17) is 21.8 Å². The summed E-state index contributed by atoms with van der Waals surface area (Å²) in [6.45, 7) is 3.89. The zero-order valence-corrected chi connectivity index (χ0v) is 13.2. The third kappa shape index (κ3) is 3.51. The number of carboxylic acids is 1. The Morgan fingerprint density at radius 2 is 2.24 bits per heavy atom. The van der Waals surface area contributed by atoms with Gasteiger partial charge in [-0.3, -0.25) is 14.5 Å². The average molecular weight is 326 g/mol. The van der Waals surface area contributed by atoms with Crippen molar-refractivity contribution >= 4 is 46.3 Å². The Hall–Kier alpha value is -1.67. The van der Waals surface area contributed by atoms with Gasteiger partial charge in [-0.2, -0.15) is 0 Å². The third-order valence-electron chi connectivity index (χ3n) is 3.01. The molecule has 1 saturated heterocycles. The van der Waals surface area contributed by atoms with E-state index < -0.39 is 5.97 Å². The smallest absolute Gasteiger partial charge is 0.303 e. The largest absolute Gasteiger partial charge is 0.481 e. The SMILES string of the molecule is Cc1noc(C)c1/C=C1\SC(=S)N(CCCC(=O)O)C1=O. The van der Waals surface area contributed by atoms with Crippen LogP contribution in [0, 0.1) is 13.8 Å². The Morgan fingerprint density at radius 3 is 2.81 bits per heavy atom. The van der Waals surface area contributed by atoms with Crippen molar-refractivity contribution < 1.29 is 19.2 Å². The van der Waals surface area contributed by atoms with Gasteiger partial charge in [-0.05, 0) is 26.3 Å². The molecule has 1 aromatic rings. The van der Waals surface area contributed by atoms with Gasteiger partial charge >= 0.3 is 5.97 Å². The van der Waals surface area contributed by atoms with Crippen LogP contribution in [0.15, 0.2) is 9.43 Å². The molecule has 1 fully saturated rings. The van der Waals surface area contributed by atoms with Crippen LogP contribution in [0.2, 0.25) is 0 Å². The Bertz CT molecular complexity index is 617. The normalized spacial score (nSPS) is 17.0. The summed E-state index contributed by atoms with van der Waals surface area (Å²) < 4.78 is 5.51. The van der Waals surface area contributed by atoms with E-state index in [1.807, 2.05) is 0 Å². The lowest BCUT2D eigenvalue weighted by Crippen LogP contribution is -2.29. The maximum Gasteiger partial charge on any atom is 0.303 e. The van der Waals surface area contributed by atoms with Gasteiger partial charge in [0.1, 0.15) is 10.1 Å². The molecule has 0 saturated carbocycles. The predicted octanol–water partition coefficient (Wildman–Crippen LogP) is 2.36. The van der Waals surface area contributed by atoms with Gasteiger partial charge < -0.3 is 9.63 Å². The number of aliphatic carboxylic acids is 1.